The first kappa shape index (κ1) is 17.0. The number of hydrogen-bond donors (Lipinski definition) is 0. The van der Waals surface area contributed by atoms with Crippen LogP contribution in [0.1, 0.15) is 10.4 Å². The van der Waals surface area contributed by atoms with Gasteiger partial charge in [0.15, 0.2) is 11.6 Å². The molecule has 2 aromatic rings. The Labute approximate surface area is 127 Å². The van der Waals surface area contributed by atoms with Crippen LogP contribution in [0.15, 0.2) is 30.3 Å². The summed E-state index contributed by atoms with van der Waals surface area (Å²) in [6.07, 6.45) is 0. The molecule has 0 saturated carbocycles. The molecule has 0 aliphatic heterocycles. The molecule has 2 rings (SSSR count). The number of rotatable bonds is 3. The zero-order chi connectivity index (χ0) is 17.4. The fourth-order valence-electron chi connectivity index (χ4n) is 1.74. The van der Waals surface area contributed by atoms with Crippen molar-refractivity contribution in [1.29, 1.82) is 0 Å². The van der Waals surface area contributed by atoms with Gasteiger partial charge in [-0.25, -0.2) is 9.18 Å². The highest BCUT2D eigenvalue weighted by atomic mass is 32.2. The van der Waals surface area contributed by atoms with E-state index in [4.69, 9.17) is 0 Å². The van der Waals surface area contributed by atoms with Crippen LogP contribution in [-0.2, 0) is 14.9 Å². The Morgan fingerprint density at radius 2 is 1.74 bits per heavy atom. The van der Waals surface area contributed by atoms with Crippen LogP contribution in [0.2, 0.25) is 0 Å². The van der Waals surface area contributed by atoms with E-state index in [9.17, 15) is 30.8 Å². The molecule has 0 amide bonds. The number of carbonyl (C=O) groups is 1. The van der Waals surface area contributed by atoms with Gasteiger partial charge in [0.2, 0.25) is 0 Å². The topological polar surface area (TPSA) is 69.7 Å². The molecule has 0 atom stereocenters. The zero-order valence-electron chi connectivity index (χ0n) is 11.3. The molecule has 0 heterocycles. The second kappa shape index (κ2) is 5.69. The van der Waals surface area contributed by atoms with Crippen molar-refractivity contribution >= 4 is 26.9 Å². The summed E-state index contributed by atoms with van der Waals surface area (Å²) in [5.41, 5.74) is -5.75. The Kier molecular flexibility index (Phi) is 4.20. The van der Waals surface area contributed by atoms with Crippen LogP contribution in [0.3, 0.4) is 0 Å². The van der Waals surface area contributed by atoms with Gasteiger partial charge in [0, 0.05) is 5.39 Å². The van der Waals surface area contributed by atoms with Crippen molar-refractivity contribution in [2.24, 2.45) is 0 Å². The first-order valence-corrected chi connectivity index (χ1v) is 7.29. The Morgan fingerprint density at radius 1 is 1.13 bits per heavy atom. The minimum atomic E-state index is -6.00. The minimum absolute atomic E-state index is 0.0604. The van der Waals surface area contributed by atoms with Crippen LogP contribution >= 0.6 is 0 Å². The van der Waals surface area contributed by atoms with Gasteiger partial charge in [-0.1, -0.05) is 12.1 Å². The van der Waals surface area contributed by atoms with Crippen molar-refractivity contribution < 1.29 is 39.7 Å². The average Bonchev–Trinajstić information content (AvgIpc) is 2.48. The SMILES string of the molecule is COC(=O)c1ccc2ccc(OS(=O)(=O)C(F)(F)F)c(F)c2c1. The van der Waals surface area contributed by atoms with Gasteiger partial charge in [-0.2, -0.15) is 21.6 Å². The molecule has 0 aliphatic carbocycles. The average molecular weight is 352 g/mol. The first-order valence-electron chi connectivity index (χ1n) is 5.88. The summed E-state index contributed by atoms with van der Waals surface area (Å²) in [6, 6.07) is 5.57. The summed E-state index contributed by atoms with van der Waals surface area (Å²) in [6.45, 7) is 0. The Hall–Kier alpha value is -2.36. The second-order valence-electron chi connectivity index (χ2n) is 4.29. The van der Waals surface area contributed by atoms with E-state index in [0.717, 1.165) is 25.3 Å². The van der Waals surface area contributed by atoms with E-state index >= 15 is 0 Å². The van der Waals surface area contributed by atoms with Crippen molar-refractivity contribution in [2.75, 3.05) is 7.11 Å². The maximum atomic E-state index is 14.2. The lowest BCUT2D eigenvalue weighted by molar-refractivity contribution is -0.0500. The number of esters is 1. The summed E-state index contributed by atoms with van der Waals surface area (Å²) in [5, 5.41) is -0.0605. The smallest absolute Gasteiger partial charge is 0.465 e. The third kappa shape index (κ3) is 3.21. The number of benzene rings is 2. The summed E-state index contributed by atoms with van der Waals surface area (Å²) in [7, 11) is -4.91. The summed E-state index contributed by atoms with van der Waals surface area (Å²) < 4.78 is 81.2. The molecule has 0 aromatic heterocycles. The van der Waals surface area contributed by atoms with Crippen molar-refractivity contribution in [3.05, 3.63) is 41.7 Å². The fraction of sp³-hybridized carbons (Fsp3) is 0.154. The molecular formula is C13H8F4O5S. The molecule has 0 bridgehead atoms. The first-order chi connectivity index (χ1) is 10.6. The number of alkyl halides is 3. The lowest BCUT2D eigenvalue weighted by Gasteiger charge is -2.11. The van der Waals surface area contributed by atoms with E-state index in [0.29, 0.717) is 0 Å². The monoisotopic (exact) mass is 352 g/mol. The molecule has 2 aromatic carbocycles. The number of hydrogen-bond acceptors (Lipinski definition) is 5. The molecule has 124 valence electrons. The molecular weight excluding hydrogens is 344 g/mol. The predicted molar refractivity (Wildman–Crippen MR) is 70.8 cm³/mol. The molecule has 23 heavy (non-hydrogen) atoms. The van der Waals surface area contributed by atoms with Crippen LogP contribution < -0.4 is 4.18 Å². The van der Waals surface area contributed by atoms with Gasteiger partial charge >= 0.3 is 21.6 Å². The predicted octanol–water partition coefficient (Wildman–Crippen LogP) is 2.99. The van der Waals surface area contributed by atoms with Crippen molar-refractivity contribution in [1.82, 2.24) is 0 Å². The standard InChI is InChI=1S/C13H8F4O5S/c1-21-12(18)8-3-2-7-4-5-10(11(14)9(7)6-8)22-23(19,20)13(15,16)17/h2-6H,1H3. The van der Waals surface area contributed by atoms with Crippen LogP contribution in [-0.4, -0.2) is 27.0 Å². The van der Waals surface area contributed by atoms with Crippen molar-refractivity contribution in [3.63, 3.8) is 0 Å². The molecule has 0 saturated heterocycles. The largest absolute Gasteiger partial charge is 0.534 e. The van der Waals surface area contributed by atoms with Crippen molar-refractivity contribution in [3.8, 4) is 5.75 Å². The van der Waals surface area contributed by atoms with E-state index in [1.165, 1.54) is 12.1 Å². The molecule has 0 aliphatic rings. The van der Waals surface area contributed by atoms with Crippen LogP contribution in [0.25, 0.3) is 10.8 Å². The lowest BCUT2D eigenvalue weighted by atomic mass is 10.1. The van der Waals surface area contributed by atoms with Gasteiger partial charge in [-0.3, -0.25) is 0 Å². The molecule has 0 N–H and O–H groups in total. The van der Waals surface area contributed by atoms with E-state index in [1.807, 2.05) is 0 Å². The van der Waals surface area contributed by atoms with Crippen LogP contribution in [0, 0.1) is 5.82 Å². The summed E-state index contributed by atoms with van der Waals surface area (Å²) in [5.74, 6) is -3.27. The maximum absolute atomic E-state index is 14.2. The van der Waals surface area contributed by atoms with Gasteiger partial charge in [-0.15, -0.1) is 0 Å². The second-order valence-corrected chi connectivity index (χ2v) is 5.83. The fourth-order valence-corrected chi connectivity index (χ4v) is 2.20. The van der Waals surface area contributed by atoms with Crippen LogP contribution in [0.5, 0.6) is 5.75 Å². The maximum Gasteiger partial charge on any atom is 0.534 e. The summed E-state index contributed by atoms with van der Waals surface area (Å²) >= 11 is 0. The number of methoxy groups -OCH3 is 1. The lowest BCUT2D eigenvalue weighted by Crippen LogP contribution is -2.28. The minimum Gasteiger partial charge on any atom is -0.465 e. The molecule has 0 unspecified atom stereocenters. The number of fused-ring (bicyclic) bond motifs is 1. The third-order valence-corrected chi connectivity index (χ3v) is 3.79. The van der Waals surface area contributed by atoms with Crippen molar-refractivity contribution in [2.45, 2.75) is 5.51 Å². The quantitative estimate of drug-likeness (QED) is 0.368. The highest BCUT2D eigenvalue weighted by Crippen LogP contribution is 2.32. The highest BCUT2D eigenvalue weighted by molar-refractivity contribution is 7.88. The van der Waals surface area contributed by atoms with Crippen LogP contribution in [0.4, 0.5) is 17.6 Å². The number of ether oxygens (including phenoxy) is 1. The molecule has 10 heteroatoms. The Bertz CT molecular complexity index is 874. The van der Waals surface area contributed by atoms with Gasteiger partial charge in [0.25, 0.3) is 0 Å². The van der Waals surface area contributed by atoms with E-state index in [-0.39, 0.29) is 16.3 Å². The molecule has 0 fully saturated rings. The summed E-state index contributed by atoms with van der Waals surface area (Å²) in [4.78, 5) is 11.4. The molecule has 5 nitrogen and oxygen atoms in total. The van der Waals surface area contributed by atoms with E-state index < -0.39 is 33.2 Å². The van der Waals surface area contributed by atoms with E-state index in [2.05, 4.69) is 8.92 Å². The normalized spacial score (nSPS) is 12.2. The number of halogens is 4. The third-order valence-electron chi connectivity index (χ3n) is 2.82. The van der Waals surface area contributed by atoms with Gasteiger partial charge in [0.1, 0.15) is 0 Å². The van der Waals surface area contributed by atoms with E-state index in [1.54, 1.807) is 0 Å². The van der Waals surface area contributed by atoms with Gasteiger partial charge < -0.3 is 8.92 Å². The van der Waals surface area contributed by atoms with Gasteiger partial charge in [0.05, 0.1) is 12.7 Å². The zero-order valence-corrected chi connectivity index (χ0v) is 12.2. The molecule has 0 spiro atoms. The molecule has 0 radical (unpaired) electrons. The highest BCUT2D eigenvalue weighted by Gasteiger charge is 2.49. The van der Waals surface area contributed by atoms with Gasteiger partial charge in [-0.05, 0) is 23.6 Å². The number of carbonyl (C=O) groups excluding carboxylic acids is 1. The Morgan fingerprint density at radius 3 is 2.30 bits per heavy atom. The Balaban J connectivity index is 2.56.